The lowest BCUT2D eigenvalue weighted by Gasteiger charge is -2.30. The predicted octanol–water partition coefficient (Wildman–Crippen LogP) is 5.46. The van der Waals surface area contributed by atoms with Gasteiger partial charge in [-0.25, -0.2) is 4.79 Å². The van der Waals surface area contributed by atoms with Gasteiger partial charge in [0.1, 0.15) is 0 Å². The molecule has 0 aliphatic rings. The van der Waals surface area contributed by atoms with Gasteiger partial charge in [0.25, 0.3) is 0 Å². The van der Waals surface area contributed by atoms with Crippen LogP contribution in [0.2, 0.25) is 0 Å². The van der Waals surface area contributed by atoms with Gasteiger partial charge in [-0.2, -0.15) is 0 Å². The van der Waals surface area contributed by atoms with E-state index in [1.54, 1.807) is 13.8 Å². The molecule has 0 fully saturated rings. The molecule has 8 heteroatoms. The molecule has 8 nitrogen and oxygen atoms in total. The molecule has 0 aromatic carbocycles. The third-order valence-electron chi connectivity index (χ3n) is 6.20. The molecule has 36 heavy (non-hydrogen) atoms. The number of aliphatic hydroxyl groups is 1. The summed E-state index contributed by atoms with van der Waals surface area (Å²) in [6.45, 7) is 6.77. The number of ether oxygens (including phenoxy) is 3. The highest BCUT2D eigenvalue weighted by molar-refractivity contribution is 6.06. The fourth-order valence-electron chi connectivity index (χ4n) is 4.26. The van der Waals surface area contributed by atoms with E-state index < -0.39 is 41.6 Å². The van der Waals surface area contributed by atoms with Crippen LogP contribution in [0.5, 0.6) is 0 Å². The van der Waals surface area contributed by atoms with Crippen LogP contribution in [0.25, 0.3) is 0 Å². The minimum Gasteiger partial charge on any atom is -0.466 e. The van der Waals surface area contributed by atoms with Crippen molar-refractivity contribution in [1.82, 2.24) is 0 Å². The number of carbonyl (C=O) groups is 4. The number of hydrogen-bond donors (Lipinski definition) is 1. The summed E-state index contributed by atoms with van der Waals surface area (Å²) in [6, 6.07) is 0. The van der Waals surface area contributed by atoms with E-state index in [0.717, 1.165) is 25.7 Å². The van der Waals surface area contributed by atoms with Gasteiger partial charge in [0.15, 0.2) is 17.3 Å². The Morgan fingerprint density at radius 3 is 1.53 bits per heavy atom. The molecule has 0 rings (SSSR count). The summed E-state index contributed by atoms with van der Waals surface area (Å²) in [6.07, 6.45) is 14.0. The molecule has 2 unspecified atom stereocenters. The van der Waals surface area contributed by atoms with Gasteiger partial charge in [-0.1, -0.05) is 84.0 Å². The van der Waals surface area contributed by atoms with Gasteiger partial charge in [0.05, 0.1) is 26.2 Å². The van der Waals surface area contributed by atoms with Crippen LogP contribution in [0.4, 0.5) is 0 Å². The first-order valence-electron chi connectivity index (χ1n) is 14.0. The topological polar surface area (TPSA) is 116 Å². The first-order chi connectivity index (χ1) is 17.3. The Labute approximate surface area is 217 Å². The maximum Gasteiger partial charge on any atom is 0.340 e. The molecule has 0 aromatic rings. The Kier molecular flexibility index (Phi) is 20.0. The number of Topliss-reactive ketones (excluding diaryl/α,β-unsaturated/α-hetero) is 1. The smallest absolute Gasteiger partial charge is 0.340 e. The average Bonchev–Trinajstić information content (AvgIpc) is 2.82. The van der Waals surface area contributed by atoms with Crippen LogP contribution in [0.3, 0.4) is 0 Å². The van der Waals surface area contributed by atoms with Crippen LogP contribution >= 0.6 is 0 Å². The summed E-state index contributed by atoms with van der Waals surface area (Å²) in [4.78, 5) is 50.4. The number of carbonyl (C=O) groups excluding carboxylic acids is 4. The lowest BCUT2D eigenvalue weighted by Crippen LogP contribution is -2.55. The fraction of sp³-hybridized carbons (Fsp3) is 0.857. The quantitative estimate of drug-likeness (QED) is 0.0826. The second kappa shape index (κ2) is 21.2. The molecule has 0 aromatic heterocycles. The molecule has 0 spiro atoms. The third kappa shape index (κ3) is 14.0. The molecule has 0 saturated heterocycles. The molecule has 1 N–H and O–H groups in total. The molecule has 0 aliphatic heterocycles. The molecule has 0 saturated carbocycles. The summed E-state index contributed by atoms with van der Waals surface area (Å²) >= 11 is 0. The van der Waals surface area contributed by atoms with Crippen LogP contribution in [0, 0.1) is 5.92 Å². The second-order valence-electron chi connectivity index (χ2n) is 9.27. The zero-order chi connectivity index (χ0) is 27.2. The Hall–Kier alpha value is -1.96. The van der Waals surface area contributed by atoms with Gasteiger partial charge < -0.3 is 19.3 Å². The molecule has 0 radical (unpaired) electrons. The SMILES string of the molecule is CCCCCCCCCCCCCCCC(=O)C(C(=O)OCC)C(O)(CC(=O)OCC)C(=O)OCC. The van der Waals surface area contributed by atoms with Crippen molar-refractivity contribution in [1.29, 1.82) is 0 Å². The molecule has 0 amide bonds. The van der Waals surface area contributed by atoms with Crippen LogP contribution < -0.4 is 0 Å². The zero-order valence-electron chi connectivity index (χ0n) is 23.1. The van der Waals surface area contributed by atoms with Crippen LogP contribution in [0.1, 0.15) is 124 Å². The average molecular weight is 515 g/mol. The zero-order valence-corrected chi connectivity index (χ0v) is 23.1. The first kappa shape index (κ1) is 34.0. The monoisotopic (exact) mass is 514 g/mol. The van der Waals surface area contributed by atoms with Crippen molar-refractivity contribution in [2.24, 2.45) is 5.92 Å². The fourth-order valence-corrected chi connectivity index (χ4v) is 4.26. The summed E-state index contributed by atoms with van der Waals surface area (Å²) in [5.74, 6) is -5.66. The van der Waals surface area contributed by atoms with E-state index in [2.05, 4.69) is 6.92 Å². The molecule has 0 aliphatic carbocycles. The maximum atomic E-state index is 13.0. The predicted molar refractivity (Wildman–Crippen MR) is 138 cm³/mol. The number of rotatable bonds is 23. The van der Waals surface area contributed by atoms with Crippen LogP contribution in [-0.4, -0.2) is 54.2 Å². The first-order valence-corrected chi connectivity index (χ1v) is 14.0. The number of hydrogen-bond acceptors (Lipinski definition) is 8. The van der Waals surface area contributed by atoms with E-state index in [0.29, 0.717) is 6.42 Å². The van der Waals surface area contributed by atoms with Crippen molar-refractivity contribution in [3.63, 3.8) is 0 Å². The van der Waals surface area contributed by atoms with Gasteiger partial charge in [0, 0.05) is 6.42 Å². The van der Waals surface area contributed by atoms with E-state index in [9.17, 15) is 24.3 Å². The Bertz CT molecular complexity index is 633. The third-order valence-corrected chi connectivity index (χ3v) is 6.20. The van der Waals surface area contributed by atoms with Gasteiger partial charge in [-0.15, -0.1) is 0 Å². The van der Waals surface area contributed by atoms with Crippen molar-refractivity contribution < 1.29 is 38.5 Å². The lowest BCUT2D eigenvalue weighted by atomic mass is 9.80. The Morgan fingerprint density at radius 1 is 0.639 bits per heavy atom. The largest absolute Gasteiger partial charge is 0.466 e. The van der Waals surface area contributed by atoms with Crippen molar-refractivity contribution in [2.45, 2.75) is 130 Å². The standard InChI is InChI=1S/C28H50O8/c1-5-9-10-11-12-13-14-15-16-17-18-19-20-21-23(29)25(26(31)35-7-3)28(33,27(32)36-8-4)22-24(30)34-6-2/h25,33H,5-22H2,1-4H3. The summed E-state index contributed by atoms with van der Waals surface area (Å²) < 4.78 is 14.7. The van der Waals surface area contributed by atoms with Crippen molar-refractivity contribution in [2.75, 3.05) is 19.8 Å². The van der Waals surface area contributed by atoms with E-state index in [-0.39, 0.29) is 26.2 Å². The van der Waals surface area contributed by atoms with Crippen molar-refractivity contribution >= 4 is 23.7 Å². The maximum absolute atomic E-state index is 13.0. The van der Waals surface area contributed by atoms with Gasteiger partial charge in [-0.05, 0) is 27.2 Å². The molecule has 2 atom stereocenters. The van der Waals surface area contributed by atoms with E-state index in [1.807, 2.05) is 0 Å². The van der Waals surface area contributed by atoms with Crippen molar-refractivity contribution in [3.8, 4) is 0 Å². The van der Waals surface area contributed by atoms with E-state index >= 15 is 0 Å². The number of unbranched alkanes of at least 4 members (excludes halogenated alkanes) is 12. The number of ketones is 1. The Morgan fingerprint density at radius 2 is 1.08 bits per heavy atom. The van der Waals surface area contributed by atoms with E-state index in [1.165, 1.54) is 58.3 Å². The summed E-state index contributed by atoms with van der Waals surface area (Å²) in [5.41, 5.74) is -2.68. The summed E-state index contributed by atoms with van der Waals surface area (Å²) in [7, 11) is 0. The van der Waals surface area contributed by atoms with Crippen molar-refractivity contribution in [3.05, 3.63) is 0 Å². The minimum absolute atomic E-state index is 0.00815. The van der Waals surface area contributed by atoms with Gasteiger partial charge >= 0.3 is 17.9 Å². The molecule has 210 valence electrons. The normalized spacial score (nSPS) is 13.5. The van der Waals surface area contributed by atoms with Crippen LogP contribution in [0.15, 0.2) is 0 Å². The van der Waals surface area contributed by atoms with E-state index in [4.69, 9.17) is 14.2 Å². The minimum atomic E-state index is -2.68. The van der Waals surface area contributed by atoms with Gasteiger partial charge in [0.2, 0.25) is 0 Å². The second-order valence-corrected chi connectivity index (χ2v) is 9.27. The molecular weight excluding hydrogens is 464 g/mol. The van der Waals surface area contributed by atoms with Crippen LogP contribution in [-0.2, 0) is 33.4 Å². The molecule has 0 heterocycles. The Balaban J connectivity index is 4.77. The van der Waals surface area contributed by atoms with Gasteiger partial charge in [-0.3, -0.25) is 14.4 Å². The highest BCUT2D eigenvalue weighted by Gasteiger charge is 2.55. The molecular formula is C28H50O8. The molecule has 0 bridgehead atoms. The lowest BCUT2D eigenvalue weighted by molar-refractivity contribution is -0.187. The number of esters is 3. The highest BCUT2D eigenvalue weighted by atomic mass is 16.6. The summed E-state index contributed by atoms with van der Waals surface area (Å²) in [5, 5.41) is 11.1. The highest BCUT2D eigenvalue weighted by Crippen LogP contribution is 2.29.